The number of sulfonamides is 1. The van der Waals surface area contributed by atoms with E-state index in [9.17, 15) is 8.42 Å². The third-order valence-electron chi connectivity index (χ3n) is 1.61. The van der Waals surface area contributed by atoms with Gasteiger partial charge in [-0.15, -0.1) is 0 Å². The van der Waals surface area contributed by atoms with Crippen LogP contribution in [0.4, 0.5) is 5.95 Å². The van der Waals surface area contributed by atoms with E-state index in [2.05, 4.69) is 20.1 Å². The molecular formula is C7H13N5O2S. The van der Waals surface area contributed by atoms with E-state index in [1.807, 2.05) is 6.92 Å². The molecule has 7 nitrogen and oxygen atoms in total. The zero-order valence-corrected chi connectivity index (χ0v) is 9.08. The van der Waals surface area contributed by atoms with E-state index >= 15 is 0 Å². The van der Waals surface area contributed by atoms with Crippen LogP contribution in [0.1, 0.15) is 13.3 Å². The maximum absolute atomic E-state index is 11.5. The molecule has 0 bridgehead atoms. The molecule has 0 amide bonds. The van der Waals surface area contributed by atoms with Gasteiger partial charge in [0.05, 0.1) is 12.4 Å². The Morgan fingerprint density at radius 1 is 1.40 bits per heavy atom. The first-order valence-corrected chi connectivity index (χ1v) is 5.87. The zero-order chi connectivity index (χ0) is 11.3. The molecule has 1 rings (SSSR count). The summed E-state index contributed by atoms with van der Waals surface area (Å²) < 4.78 is 25.5. The van der Waals surface area contributed by atoms with Crippen LogP contribution in [-0.2, 0) is 10.0 Å². The lowest BCUT2D eigenvalue weighted by atomic mass is 10.5. The van der Waals surface area contributed by atoms with Crippen molar-refractivity contribution in [1.29, 1.82) is 0 Å². The van der Waals surface area contributed by atoms with Gasteiger partial charge in [0.1, 0.15) is 4.90 Å². The van der Waals surface area contributed by atoms with E-state index in [0.29, 0.717) is 6.54 Å². The van der Waals surface area contributed by atoms with Crippen LogP contribution in [0, 0.1) is 0 Å². The first-order chi connectivity index (χ1) is 7.10. The fourth-order valence-electron chi connectivity index (χ4n) is 0.849. The number of nitrogens with two attached hydrogens (primary N) is 1. The number of rotatable bonds is 5. The normalized spacial score (nSPS) is 11.3. The van der Waals surface area contributed by atoms with Crippen molar-refractivity contribution in [2.75, 3.05) is 12.0 Å². The summed E-state index contributed by atoms with van der Waals surface area (Å²) >= 11 is 0. The smallest absolute Gasteiger partial charge is 0.243 e. The van der Waals surface area contributed by atoms with Gasteiger partial charge in [0.25, 0.3) is 0 Å². The van der Waals surface area contributed by atoms with Crippen LogP contribution in [0.2, 0.25) is 0 Å². The highest BCUT2D eigenvalue weighted by molar-refractivity contribution is 7.89. The Labute approximate surface area is 88.1 Å². The maximum Gasteiger partial charge on any atom is 0.243 e. The molecule has 0 aliphatic heterocycles. The van der Waals surface area contributed by atoms with Crippen molar-refractivity contribution in [3.05, 3.63) is 12.4 Å². The van der Waals surface area contributed by atoms with Crippen molar-refractivity contribution in [3.63, 3.8) is 0 Å². The highest BCUT2D eigenvalue weighted by Crippen LogP contribution is 2.06. The highest BCUT2D eigenvalue weighted by Gasteiger charge is 2.13. The van der Waals surface area contributed by atoms with E-state index in [1.54, 1.807) is 0 Å². The molecule has 1 heterocycles. The average Bonchev–Trinajstić information content (AvgIpc) is 2.26. The molecule has 0 radical (unpaired) electrons. The first kappa shape index (κ1) is 11.8. The van der Waals surface area contributed by atoms with Crippen molar-refractivity contribution < 1.29 is 8.42 Å². The molecule has 0 spiro atoms. The van der Waals surface area contributed by atoms with Crippen LogP contribution < -0.4 is 16.0 Å². The molecule has 0 aliphatic rings. The van der Waals surface area contributed by atoms with Gasteiger partial charge >= 0.3 is 0 Å². The quantitative estimate of drug-likeness (QED) is 0.463. The second-order valence-corrected chi connectivity index (χ2v) is 4.55. The Kier molecular flexibility index (Phi) is 3.95. The van der Waals surface area contributed by atoms with Crippen molar-refractivity contribution in [2.45, 2.75) is 18.2 Å². The molecule has 1 aromatic heterocycles. The van der Waals surface area contributed by atoms with Crippen LogP contribution in [-0.4, -0.2) is 24.9 Å². The van der Waals surface area contributed by atoms with Crippen LogP contribution in [0.3, 0.4) is 0 Å². The molecule has 0 atom stereocenters. The number of anilines is 1. The number of hydrogen-bond acceptors (Lipinski definition) is 6. The number of hydrazine groups is 1. The predicted molar refractivity (Wildman–Crippen MR) is 55.3 cm³/mol. The fraction of sp³-hybridized carbons (Fsp3) is 0.429. The maximum atomic E-state index is 11.5. The average molecular weight is 231 g/mol. The topological polar surface area (TPSA) is 110 Å². The van der Waals surface area contributed by atoms with Crippen molar-refractivity contribution in [2.24, 2.45) is 5.84 Å². The van der Waals surface area contributed by atoms with Gasteiger partial charge < -0.3 is 0 Å². The Balaban J connectivity index is 2.86. The number of nitrogens with one attached hydrogen (secondary N) is 2. The standard InChI is InChI=1S/C7H13N5O2S/c1-2-3-11-15(13,14)6-4-9-7(12-8)10-5-6/h4-5,11H,2-3,8H2,1H3,(H,9,10,12). The minimum Gasteiger partial charge on any atom is -0.292 e. The Morgan fingerprint density at radius 2 is 2.00 bits per heavy atom. The lowest BCUT2D eigenvalue weighted by Gasteiger charge is -2.04. The second-order valence-electron chi connectivity index (χ2n) is 2.78. The predicted octanol–water partition coefficient (Wildman–Crippen LogP) is -0.549. The first-order valence-electron chi connectivity index (χ1n) is 4.38. The van der Waals surface area contributed by atoms with Gasteiger partial charge in [0.2, 0.25) is 16.0 Å². The molecule has 15 heavy (non-hydrogen) atoms. The largest absolute Gasteiger partial charge is 0.292 e. The lowest BCUT2D eigenvalue weighted by Crippen LogP contribution is -2.24. The third kappa shape index (κ3) is 3.11. The van der Waals surface area contributed by atoms with Crippen molar-refractivity contribution in [3.8, 4) is 0 Å². The summed E-state index contributed by atoms with van der Waals surface area (Å²) in [6.45, 7) is 2.26. The Morgan fingerprint density at radius 3 is 2.47 bits per heavy atom. The molecule has 0 aliphatic carbocycles. The Bertz CT molecular complexity index is 402. The van der Waals surface area contributed by atoms with Crippen LogP contribution in [0.5, 0.6) is 0 Å². The number of aromatic nitrogens is 2. The van der Waals surface area contributed by atoms with Gasteiger partial charge in [0.15, 0.2) is 0 Å². The summed E-state index contributed by atoms with van der Waals surface area (Å²) in [5.74, 6) is 5.22. The molecule has 0 fully saturated rings. The van der Waals surface area contributed by atoms with Crippen molar-refractivity contribution >= 4 is 16.0 Å². The minimum atomic E-state index is -3.49. The fourth-order valence-corrected chi connectivity index (χ4v) is 1.87. The minimum absolute atomic E-state index is 0.0231. The molecule has 0 unspecified atom stereocenters. The monoisotopic (exact) mass is 231 g/mol. The summed E-state index contributed by atoms with van der Waals surface area (Å²) in [6, 6.07) is 0. The summed E-state index contributed by atoms with van der Waals surface area (Å²) in [5.41, 5.74) is 2.21. The molecule has 8 heteroatoms. The number of hydrogen-bond donors (Lipinski definition) is 3. The summed E-state index contributed by atoms with van der Waals surface area (Å²) in [6.07, 6.45) is 3.11. The Hall–Kier alpha value is -1.25. The van der Waals surface area contributed by atoms with Crippen LogP contribution in [0.25, 0.3) is 0 Å². The second kappa shape index (κ2) is 5.01. The molecule has 0 saturated carbocycles. The van der Waals surface area contributed by atoms with Gasteiger partial charge in [-0.05, 0) is 6.42 Å². The molecule has 4 N–H and O–H groups in total. The molecular weight excluding hydrogens is 218 g/mol. The third-order valence-corrected chi connectivity index (χ3v) is 3.03. The van der Waals surface area contributed by atoms with E-state index in [0.717, 1.165) is 6.42 Å². The van der Waals surface area contributed by atoms with Crippen LogP contribution >= 0.6 is 0 Å². The zero-order valence-electron chi connectivity index (χ0n) is 8.27. The SMILES string of the molecule is CCCNS(=O)(=O)c1cnc(NN)nc1. The molecule has 0 saturated heterocycles. The van der Waals surface area contributed by atoms with Gasteiger partial charge in [-0.2, -0.15) is 0 Å². The molecule has 1 aromatic rings. The summed E-state index contributed by atoms with van der Waals surface area (Å²) in [4.78, 5) is 7.43. The van der Waals surface area contributed by atoms with E-state index < -0.39 is 10.0 Å². The van der Waals surface area contributed by atoms with E-state index in [-0.39, 0.29) is 10.8 Å². The lowest BCUT2D eigenvalue weighted by molar-refractivity contribution is 0.580. The van der Waals surface area contributed by atoms with Gasteiger partial charge in [0, 0.05) is 6.54 Å². The van der Waals surface area contributed by atoms with Gasteiger partial charge in [-0.3, -0.25) is 5.43 Å². The van der Waals surface area contributed by atoms with Crippen molar-refractivity contribution in [1.82, 2.24) is 14.7 Å². The highest BCUT2D eigenvalue weighted by atomic mass is 32.2. The van der Waals surface area contributed by atoms with E-state index in [4.69, 9.17) is 5.84 Å². The van der Waals surface area contributed by atoms with Gasteiger partial charge in [-0.25, -0.2) is 29.0 Å². The molecule has 0 aromatic carbocycles. The summed E-state index contributed by atoms with van der Waals surface area (Å²) in [7, 11) is -3.49. The van der Waals surface area contributed by atoms with E-state index in [1.165, 1.54) is 12.4 Å². The van der Waals surface area contributed by atoms with Crippen LogP contribution in [0.15, 0.2) is 17.3 Å². The van der Waals surface area contributed by atoms with Gasteiger partial charge in [-0.1, -0.05) is 6.92 Å². The molecule has 84 valence electrons. The number of nitrogen functional groups attached to an aromatic ring is 1. The summed E-state index contributed by atoms with van der Waals surface area (Å²) in [5, 5.41) is 0. The number of nitrogens with zero attached hydrogens (tertiary/aromatic N) is 2.